The fourth-order valence-electron chi connectivity index (χ4n) is 11.0. The molecular weight excluding hydrogens is 820 g/mol. The van der Waals surface area contributed by atoms with Gasteiger partial charge in [-0.3, -0.25) is 0 Å². The van der Waals surface area contributed by atoms with Crippen molar-refractivity contribution in [3.63, 3.8) is 0 Å². The van der Waals surface area contributed by atoms with Crippen molar-refractivity contribution in [2.75, 3.05) is 9.80 Å². The minimum absolute atomic E-state index is 0.224. The first-order valence-electron chi connectivity index (χ1n) is 22.9. The lowest BCUT2D eigenvalue weighted by atomic mass is 9.81. The van der Waals surface area contributed by atoms with Crippen LogP contribution in [0.1, 0.15) is 25.0 Å². The molecule has 11 aromatic carbocycles. The van der Waals surface area contributed by atoms with E-state index < -0.39 is 0 Å². The zero-order chi connectivity index (χ0) is 44.8. The maximum atomic E-state index is 17.7. The number of nitrogens with zero attached hydrogens (tertiary/aromatic N) is 2. The van der Waals surface area contributed by atoms with Gasteiger partial charge < -0.3 is 14.5 Å². The Labute approximate surface area is 389 Å². The molecule has 67 heavy (non-hydrogen) atoms. The summed E-state index contributed by atoms with van der Waals surface area (Å²) in [6, 6.07) is 77.8. The van der Waals surface area contributed by atoms with Crippen molar-refractivity contribution in [2.24, 2.45) is 0 Å². The molecule has 318 valence electrons. The van der Waals surface area contributed by atoms with Gasteiger partial charge in [-0.15, -0.1) is 0 Å². The van der Waals surface area contributed by atoms with Crippen LogP contribution in [0.5, 0.6) is 11.5 Å². The van der Waals surface area contributed by atoms with Crippen molar-refractivity contribution in [1.82, 2.24) is 0 Å². The molecule has 0 saturated heterocycles. The topological polar surface area (TPSA) is 15.7 Å². The minimum Gasteiger partial charge on any atom is -0.456 e. The Balaban J connectivity index is 1.04. The lowest BCUT2D eigenvalue weighted by molar-refractivity contribution is 0.493. The fraction of sp³-hybridized carbons (Fsp3) is 0.0476. The molecule has 2 aliphatic rings. The van der Waals surface area contributed by atoms with Gasteiger partial charge in [-0.25, -0.2) is 4.39 Å². The Hall–Kier alpha value is -8.47. The van der Waals surface area contributed by atoms with Crippen LogP contribution in [0, 0.1) is 5.82 Å². The summed E-state index contributed by atoms with van der Waals surface area (Å²) in [7, 11) is 0. The molecule has 0 saturated carbocycles. The number of halogens is 1. The Morgan fingerprint density at radius 3 is 1.73 bits per heavy atom. The zero-order valence-corrected chi connectivity index (χ0v) is 37.0. The number of ether oxygens (including phenoxy) is 1. The van der Waals surface area contributed by atoms with Crippen LogP contribution in [-0.4, -0.2) is 0 Å². The standard InChI is InChI=1S/C63H43FN2O/c1-63(2)52-30-16-15-27-48(52)49-28-17-31-53(61(49)63)65(45-23-11-5-12-24-45)47-35-42-33-34-43-37-54(50-29-18-32-56-60(50)59(43)58(42)57(39-47)67-56)66(46-25-13-6-14-26-46)55-38-44(40-19-7-3-8-20-40)36-51(62(55)64)41-21-9-4-10-22-41/h3-39H,1-2H3. The summed E-state index contributed by atoms with van der Waals surface area (Å²) in [5, 5.41) is 6.28. The number of para-hydroxylation sites is 2. The van der Waals surface area contributed by atoms with Crippen LogP contribution in [0.3, 0.4) is 0 Å². The molecule has 1 aliphatic heterocycles. The monoisotopic (exact) mass is 862 g/mol. The van der Waals surface area contributed by atoms with Crippen molar-refractivity contribution in [1.29, 1.82) is 0 Å². The highest BCUT2D eigenvalue weighted by Gasteiger charge is 2.39. The third-order valence-electron chi connectivity index (χ3n) is 14.0. The molecule has 3 nitrogen and oxygen atoms in total. The highest BCUT2D eigenvalue weighted by molar-refractivity contribution is 6.28. The van der Waals surface area contributed by atoms with Crippen LogP contribution >= 0.6 is 0 Å². The van der Waals surface area contributed by atoms with Gasteiger partial charge in [0.05, 0.1) is 22.7 Å². The first kappa shape index (κ1) is 38.9. The van der Waals surface area contributed by atoms with E-state index in [2.05, 4.69) is 169 Å². The SMILES string of the molecule is CC1(C)c2ccccc2-c2cccc(N(c3ccccc3)c3cc4c5c(ccc6cc(N(c7ccccc7)c7cc(-c8ccccc8)cc(-c8ccccc8)c7F)c7cccc(c7c65)O4)c3)c21. The van der Waals surface area contributed by atoms with Crippen LogP contribution in [-0.2, 0) is 5.41 Å². The van der Waals surface area contributed by atoms with Gasteiger partial charge in [-0.05, 0) is 110 Å². The van der Waals surface area contributed by atoms with E-state index in [1.807, 2.05) is 78.9 Å². The first-order chi connectivity index (χ1) is 32.9. The van der Waals surface area contributed by atoms with E-state index in [9.17, 15) is 0 Å². The summed E-state index contributed by atoms with van der Waals surface area (Å²) in [6.07, 6.45) is 0. The maximum absolute atomic E-state index is 17.7. The Morgan fingerprint density at radius 2 is 1.00 bits per heavy atom. The summed E-state index contributed by atoms with van der Waals surface area (Å²) in [6.45, 7) is 4.69. The summed E-state index contributed by atoms with van der Waals surface area (Å²) < 4.78 is 24.9. The second-order valence-electron chi connectivity index (χ2n) is 18.2. The lowest BCUT2D eigenvalue weighted by Crippen LogP contribution is -2.20. The number of fused-ring (bicyclic) bond motifs is 3. The molecule has 0 aromatic heterocycles. The van der Waals surface area contributed by atoms with Crippen LogP contribution < -0.4 is 14.5 Å². The Bertz CT molecular complexity index is 3760. The molecule has 0 unspecified atom stereocenters. The molecule has 0 bridgehead atoms. The van der Waals surface area contributed by atoms with Crippen molar-refractivity contribution >= 4 is 66.4 Å². The predicted octanol–water partition coefficient (Wildman–Crippen LogP) is 18.0. The summed E-state index contributed by atoms with van der Waals surface area (Å²) >= 11 is 0. The average molecular weight is 863 g/mol. The third-order valence-corrected chi connectivity index (χ3v) is 14.0. The van der Waals surface area contributed by atoms with Gasteiger partial charge in [0.2, 0.25) is 0 Å². The fourth-order valence-corrected chi connectivity index (χ4v) is 11.0. The summed E-state index contributed by atoms with van der Waals surface area (Å²) in [5.41, 5.74) is 13.6. The van der Waals surface area contributed by atoms with Gasteiger partial charge in [-0.1, -0.05) is 172 Å². The van der Waals surface area contributed by atoms with E-state index in [1.165, 1.54) is 22.3 Å². The smallest absolute Gasteiger partial charge is 0.155 e. The van der Waals surface area contributed by atoms with Gasteiger partial charge in [-0.2, -0.15) is 0 Å². The normalized spacial score (nSPS) is 12.9. The molecule has 13 rings (SSSR count). The first-order valence-corrected chi connectivity index (χ1v) is 22.9. The van der Waals surface area contributed by atoms with Gasteiger partial charge in [0.15, 0.2) is 5.82 Å². The number of hydrogen-bond donors (Lipinski definition) is 0. The van der Waals surface area contributed by atoms with Gasteiger partial charge in [0.25, 0.3) is 0 Å². The van der Waals surface area contributed by atoms with E-state index in [0.717, 1.165) is 88.9 Å². The highest BCUT2D eigenvalue weighted by Crippen LogP contribution is 2.57. The molecule has 4 heteroatoms. The van der Waals surface area contributed by atoms with E-state index >= 15 is 4.39 Å². The zero-order valence-electron chi connectivity index (χ0n) is 37.0. The van der Waals surface area contributed by atoms with Crippen molar-refractivity contribution in [3.8, 4) is 44.9 Å². The molecular formula is C63H43FN2O. The van der Waals surface area contributed by atoms with Gasteiger partial charge >= 0.3 is 0 Å². The van der Waals surface area contributed by atoms with Gasteiger partial charge in [0.1, 0.15) is 11.5 Å². The van der Waals surface area contributed by atoms with Crippen LogP contribution in [0.15, 0.2) is 224 Å². The van der Waals surface area contributed by atoms with Crippen LogP contribution in [0.2, 0.25) is 0 Å². The summed E-state index contributed by atoms with van der Waals surface area (Å²) in [5.74, 6) is 1.27. The Kier molecular flexibility index (Phi) is 8.75. The van der Waals surface area contributed by atoms with E-state index in [0.29, 0.717) is 11.3 Å². The number of anilines is 6. The Morgan fingerprint density at radius 1 is 0.388 bits per heavy atom. The molecule has 0 fully saturated rings. The molecule has 0 radical (unpaired) electrons. The largest absolute Gasteiger partial charge is 0.456 e. The van der Waals surface area contributed by atoms with E-state index in [1.54, 1.807) is 0 Å². The molecule has 11 aromatic rings. The highest BCUT2D eigenvalue weighted by atomic mass is 19.1. The van der Waals surface area contributed by atoms with Crippen LogP contribution in [0.25, 0.3) is 65.7 Å². The summed E-state index contributed by atoms with van der Waals surface area (Å²) in [4.78, 5) is 4.49. The second-order valence-corrected chi connectivity index (χ2v) is 18.2. The number of rotatable bonds is 8. The molecule has 1 heterocycles. The lowest BCUT2D eigenvalue weighted by Gasteiger charge is -2.33. The predicted molar refractivity (Wildman–Crippen MR) is 277 cm³/mol. The average Bonchev–Trinajstić information content (AvgIpc) is 3.62. The minimum atomic E-state index is -0.296. The number of hydrogen-bond acceptors (Lipinski definition) is 3. The molecule has 0 amide bonds. The second kappa shape index (κ2) is 15.0. The van der Waals surface area contributed by atoms with Crippen LogP contribution in [0.4, 0.5) is 38.5 Å². The van der Waals surface area contributed by atoms with E-state index in [4.69, 9.17) is 4.74 Å². The van der Waals surface area contributed by atoms with Crippen molar-refractivity contribution in [2.45, 2.75) is 19.3 Å². The molecule has 0 spiro atoms. The van der Waals surface area contributed by atoms with Gasteiger partial charge in [0, 0.05) is 50.0 Å². The molecule has 1 aliphatic carbocycles. The third kappa shape index (κ3) is 6.03. The molecule has 0 N–H and O–H groups in total. The van der Waals surface area contributed by atoms with Crippen molar-refractivity contribution < 1.29 is 9.13 Å². The number of benzene rings is 11. The quantitative estimate of drug-likeness (QED) is 0.142. The van der Waals surface area contributed by atoms with E-state index in [-0.39, 0.29) is 11.2 Å². The van der Waals surface area contributed by atoms with Crippen molar-refractivity contribution in [3.05, 3.63) is 241 Å². The maximum Gasteiger partial charge on any atom is 0.155 e. The molecule has 0 atom stereocenters.